The van der Waals surface area contributed by atoms with Gasteiger partial charge in [-0.2, -0.15) is 0 Å². The molecule has 1 amide bonds. The topological polar surface area (TPSA) is 50.4 Å². The zero-order valence-corrected chi connectivity index (χ0v) is 13.9. The molecule has 5 heteroatoms. The highest BCUT2D eigenvalue weighted by Crippen LogP contribution is 2.16. The second-order valence-corrected chi connectivity index (χ2v) is 5.50. The number of hydrogen-bond donors (Lipinski definition) is 2. The Labute approximate surface area is 141 Å². The van der Waals surface area contributed by atoms with Crippen molar-refractivity contribution < 1.29 is 9.53 Å². The van der Waals surface area contributed by atoms with Gasteiger partial charge in [-0.3, -0.25) is 4.79 Å². The third-order valence-electron chi connectivity index (χ3n) is 3.21. The minimum absolute atomic E-state index is 0.0868. The van der Waals surface area contributed by atoms with E-state index in [4.69, 9.17) is 16.3 Å². The van der Waals surface area contributed by atoms with E-state index < -0.39 is 0 Å². The maximum Gasteiger partial charge on any atom is 0.239 e. The number of carbonyl (C=O) groups is 1. The fourth-order valence-electron chi connectivity index (χ4n) is 1.97. The minimum atomic E-state index is -0.0868. The van der Waals surface area contributed by atoms with Crippen LogP contribution >= 0.6 is 11.6 Å². The molecule has 0 aliphatic carbocycles. The van der Waals surface area contributed by atoms with E-state index in [-0.39, 0.29) is 12.5 Å². The van der Waals surface area contributed by atoms with E-state index in [0.29, 0.717) is 18.2 Å². The number of rotatable bonds is 8. The van der Waals surface area contributed by atoms with Crippen molar-refractivity contribution in [1.82, 2.24) is 5.32 Å². The van der Waals surface area contributed by atoms with E-state index in [1.165, 1.54) is 0 Å². The summed E-state index contributed by atoms with van der Waals surface area (Å²) in [7, 11) is 0. The number of ether oxygens (including phenoxy) is 1. The highest BCUT2D eigenvalue weighted by molar-refractivity contribution is 6.31. The van der Waals surface area contributed by atoms with Gasteiger partial charge < -0.3 is 15.4 Å². The van der Waals surface area contributed by atoms with Crippen molar-refractivity contribution >= 4 is 23.2 Å². The Morgan fingerprint density at radius 3 is 2.57 bits per heavy atom. The van der Waals surface area contributed by atoms with E-state index in [1.807, 2.05) is 48.5 Å². The SMILES string of the molecule is CCCOc1ccc(NCC(=O)NCc2ccccc2Cl)cc1. The molecule has 0 aliphatic heterocycles. The Kier molecular flexibility index (Phi) is 6.76. The average molecular weight is 333 g/mol. The molecule has 0 radical (unpaired) electrons. The van der Waals surface area contributed by atoms with Gasteiger partial charge in [-0.05, 0) is 42.3 Å². The second kappa shape index (κ2) is 9.06. The van der Waals surface area contributed by atoms with Crippen LogP contribution in [0.2, 0.25) is 5.02 Å². The third kappa shape index (κ3) is 5.83. The van der Waals surface area contributed by atoms with Crippen LogP contribution in [0.15, 0.2) is 48.5 Å². The third-order valence-corrected chi connectivity index (χ3v) is 3.58. The molecular formula is C18H21ClN2O2. The number of amides is 1. The van der Waals surface area contributed by atoms with Gasteiger partial charge in [-0.15, -0.1) is 0 Å². The van der Waals surface area contributed by atoms with Crippen LogP contribution in [0.5, 0.6) is 5.75 Å². The second-order valence-electron chi connectivity index (χ2n) is 5.09. The van der Waals surface area contributed by atoms with Crippen LogP contribution in [0, 0.1) is 0 Å². The summed E-state index contributed by atoms with van der Waals surface area (Å²) in [5, 5.41) is 6.57. The van der Waals surface area contributed by atoms with Crippen molar-refractivity contribution in [3.63, 3.8) is 0 Å². The smallest absolute Gasteiger partial charge is 0.239 e. The summed E-state index contributed by atoms with van der Waals surface area (Å²) in [4.78, 5) is 11.9. The maximum atomic E-state index is 11.9. The molecule has 0 unspecified atom stereocenters. The molecule has 0 heterocycles. The van der Waals surface area contributed by atoms with Crippen molar-refractivity contribution in [1.29, 1.82) is 0 Å². The van der Waals surface area contributed by atoms with E-state index in [0.717, 1.165) is 23.4 Å². The van der Waals surface area contributed by atoms with Crippen molar-refractivity contribution in [3.8, 4) is 5.75 Å². The lowest BCUT2D eigenvalue weighted by atomic mass is 10.2. The Hall–Kier alpha value is -2.20. The first kappa shape index (κ1) is 17.2. The van der Waals surface area contributed by atoms with E-state index in [1.54, 1.807) is 0 Å². The van der Waals surface area contributed by atoms with Gasteiger partial charge in [0, 0.05) is 17.3 Å². The Balaban J connectivity index is 1.75. The molecule has 2 rings (SSSR count). The lowest BCUT2D eigenvalue weighted by Gasteiger charge is -2.10. The molecule has 2 N–H and O–H groups in total. The predicted octanol–water partition coefficient (Wildman–Crippen LogP) is 3.86. The lowest BCUT2D eigenvalue weighted by molar-refractivity contribution is -0.119. The van der Waals surface area contributed by atoms with Crippen molar-refractivity contribution in [3.05, 3.63) is 59.1 Å². The number of halogens is 1. The molecule has 2 aromatic carbocycles. The summed E-state index contributed by atoms with van der Waals surface area (Å²) in [5.74, 6) is 0.747. The summed E-state index contributed by atoms with van der Waals surface area (Å²) in [6.45, 7) is 3.40. The number of anilines is 1. The predicted molar refractivity (Wildman–Crippen MR) is 94.0 cm³/mol. The number of hydrogen-bond acceptors (Lipinski definition) is 3. The molecule has 0 saturated heterocycles. The van der Waals surface area contributed by atoms with Crippen LogP contribution in [0.4, 0.5) is 5.69 Å². The molecule has 0 aromatic heterocycles. The van der Waals surface area contributed by atoms with Crippen molar-refractivity contribution in [2.24, 2.45) is 0 Å². The Morgan fingerprint density at radius 1 is 1.13 bits per heavy atom. The van der Waals surface area contributed by atoms with Gasteiger partial charge in [0.1, 0.15) is 5.75 Å². The molecule has 122 valence electrons. The molecule has 0 saturated carbocycles. The fraction of sp³-hybridized carbons (Fsp3) is 0.278. The molecular weight excluding hydrogens is 312 g/mol. The highest BCUT2D eigenvalue weighted by Gasteiger charge is 2.04. The molecule has 0 fully saturated rings. The summed E-state index contributed by atoms with van der Waals surface area (Å²) in [6.07, 6.45) is 0.978. The molecule has 4 nitrogen and oxygen atoms in total. The average Bonchev–Trinajstić information content (AvgIpc) is 2.58. The van der Waals surface area contributed by atoms with Gasteiger partial charge in [0.2, 0.25) is 5.91 Å². The summed E-state index contributed by atoms with van der Waals surface area (Å²) >= 11 is 6.05. The minimum Gasteiger partial charge on any atom is -0.494 e. The zero-order valence-electron chi connectivity index (χ0n) is 13.1. The molecule has 0 aliphatic rings. The lowest BCUT2D eigenvalue weighted by Crippen LogP contribution is -2.29. The standard InChI is InChI=1S/C18H21ClN2O2/c1-2-11-23-16-9-7-15(8-10-16)20-13-18(22)21-12-14-5-3-4-6-17(14)19/h3-10,20H,2,11-13H2,1H3,(H,21,22). The van der Waals surface area contributed by atoms with Crippen molar-refractivity contribution in [2.45, 2.75) is 19.9 Å². The normalized spacial score (nSPS) is 10.2. The zero-order chi connectivity index (χ0) is 16.5. The van der Waals surface area contributed by atoms with Crippen LogP contribution < -0.4 is 15.4 Å². The maximum absolute atomic E-state index is 11.9. The van der Waals surface area contributed by atoms with E-state index in [9.17, 15) is 4.79 Å². The van der Waals surface area contributed by atoms with Crippen LogP contribution in [-0.2, 0) is 11.3 Å². The molecule has 0 atom stereocenters. The molecule has 23 heavy (non-hydrogen) atoms. The highest BCUT2D eigenvalue weighted by atomic mass is 35.5. The summed E-state index contributed by atoms with van der Waals surface area (Å²) in [6, 6.07) is 15.0. The van der Waals surface area contributed by atoms with Crippen LogP contribution in [-0.4, -0.2) is 19.1 Å². The van der Waals surface area contributed by atoms with Gasteiger partial charge in [0.05, 0.1) is 13.2 Å². The van der Waals surface area contributed by atoms with Crippen LogP contribution in [0.3, 0.4) is 0 Å². The van der Waals surface area contributed by atoms with Crippen molar-refractivity contribution in [2.75, 3.05) is 18.5 Å². The monoisotopic (exact) mass is 332 g/mol. The van der Waals surface area contributed by atoms with Gasteiger partial charge in [0.25, 0.3) is 0 Å². The molecule has 2 aromatic rings. The van der Waals surface area contributed by atoms with E-state index >= 15 is 0 Å². The number of carbonyl (C=O) groups excluding carboxylic acids is 1. The quantitative estimate of drug-likeness (QED) is 0.771. The number of nitrogens with one attached hydrogen (secondary N) is 2. The summed E-state index contributed by atoms with van der Waals surface area (Å²) in [5.41, 5.74) is 1.78. The number of benzene rings is 2. The van der Waals surface area contributed by atoms with Gasteiger partial charge in [-0.25, -0.2) is 0 Å². The van der Waals surface area contributed by atoms with Crippen LogP contribution in [0.25, 0.3) is 0 Å². The first-order chi connectivity index (χ1) is 11.2. The first-order valence-electron chi connectivity index (χ1n) is 7.66. The first-order valence-corrected chi connectivity index (χ1v) is 8.03. The van der Waals surface area contributed by atoms with Gasteiger partial charge in [0.15, 0.2) is 0 Å². The van der Waals surface area contributed by atoms with E-state index in [2.05, 4.69) is 17.6 Å². The van der Waals surface area contributed by atoms with Gasteiger partial charge >= 0.3 is 0 Å². The fourth-order valence-corrected chi connectivity index (χ4v) is 2.17. The summed E-state index contributed by atoms with van der Waals surface area (Å²) < 4.78 is 5.51. The van der Waals surface area contributed by atoms with Gasteiger partial charge in [-0.1, -0.05) is 36.7 Å². The Bertz CT molecular complexity index is 629. The molecule has 0 spiro atoms. The Morgan fingerprint density at radius 2 is 1.87 bits per heavy atom. The van der Waals surface area contributed by atoms with Crippen LogP contribution in [0.1, 0.15) is 18.9 Å². The largest absolute Gasteiger partial charge is 0.494 e. The molecule has 0 bridgehead atoms.